The second-order valence-corrected chi connectivity index (χ2v) is 28.7. The first-order valence-corrected chi connectivity index (χ1v) is 33.9. The second kappa shape index (κ2) is 39.4. The number of allylic oxidation sites excluding steroid dienone is 2. The zero-order valence-electron chi connectivity index (χ0n) is 63.2. The van der Waals surface area contributed by atoms with Gasteiger partial charge in [-0.1, -0.05) is 95.2 Å². The second-order valence-electron chi connectivity index (χ2n) is 28.7. The summed E-state index contributed by atoms with van der Waals surface area (Å²) in [6, 6.07) is -15.7. The predicted molar refractivity (Wildman–Crippen MR) is 366 cm³/mol. The molecule has 1 saturated heterocycles. The molecule has 1 rings (SSSR count). The van der Waals surface area contributed by atoms with Crippen LogP contribution in [0.2, 0.25) is 0 Å². The average Bonchev–Trinajstić information content (AvgIpc) is 0.814. The molecular formula is C69H121N11O17. The fourth-order valence-electron chi connectivity index (χ4n) is 11.9. The molecule has 0 spiro atoms. The van der Waals surface area contributed by atoms with Gasteiger partial charge in [0.1, 0.15) is 66.5 Å². The normalized spacial score (nSPS) is 25.9. The molecular weight excluding hydrogens is 1250 g/mol. The monoisotopic (exact) mass is 1380 g/mol. The molecule has 28 heteroatoms. The highest BCUT2D eigenvalue weighted by atomic mass is 16.5. The van der Waals surface area contributed by atoms with Gasteiger partial charge in [0, 0.05) is 69.3 Å². The van der Waals surface area contributed by atoms with Gasteiger partial charge in [0.05, 0.1) is 25.9 Å². The van der Waals surface area contributed by atoms with Gasteiger partial charge in [0.25, 0.3) is 0 Å². The van der Waals surface area contributed by atoms with Crippen molar-refractivity contribution in [3.05, 3.63) is 12.2 Å². The van der Waals surface area contributed by atoms with E-state index in [9.17, 15) is 33.9 Å². The first-order valence-electron chi connectivity index (χ1n) is 33.9. The fourth-order valence-corrected chi connectivity index (χ4v) is 11.9. The highest BCUT2D eigenvalue weighted by Gasteiger charge is 2.48. The number of hydrogen-bond acceptors (Lipinski definition) is 17. The Balaban J connectivity index is 4.73. The molecule has 0 aromatic rings. The fraction of sp³-hybridized carbons (Fsp3) is 0.783. The van der Waals surface area contributed by atoms with Crippen LogP contribution in [0.15, 0.2) is 12.2 Å². The van der Waals surface area contributed by atoms with Gasteiger partial charge < -0.3 is 74.9 Å². The van der Waals surface area contributed by atoms with Crippen LogP contribution in [-0.4, -0.2) is 265 Å². The van der Waals surface area contributed by atoms with Gasteiger partial charge in [-0.05, 0) is 102 Å². The van der Waals surface area contributed by atoms with Gasteiger partial charge in [-0.2, -0.15) is 0 Å². The SMILES string of the molecule is CC=CC[C@@H](C)[C@@H](O)[C@H]1C(=O)N[C@@H](CC)C(=O)N(C)C(CC(C(=O)OC)C(=O)OC)C(=O)N(C)[C@@H](CC(C)(C)OC)C(=O)N[C@@H](C(C)C)C(=O)N(C)[C@@H](CC(C)C)C(=O)N[C@@H](C)C(=O)N[C@H](C)C(=O)N(C)[C@@H](CC(C)C)C(=O)N(C)[C@@H](CC(C)C)C(=O)N(C)[C@@H](C(C)C)C(=O)N1C. The quantitative estimate of drug-likeness (QED) is 0.0665. The summed E-state index contributed by atoms with van der Waals surface area (Å²) in [6.45, 7) is 28.7. The van der Waals surface area contributed by atoms with Gasteiger partial charge in [0.15, 0.2) is 5.92 Å². The maximum atomic E-state index is 15.6. The lowest BCUT2D eigenvalue weighted by molar-refractivity contribution is -0.162. The number of nitrogens with zero attached hydrogens (tertiary/aromatic N) is 7. The number of carbonyl (C=O) groups is 13. The van der Waals surface area contributed by atoms with Gasteiger partial charge in [-0.3, -0.25) is 62.3 Å². The summed E-state index contributed by atoms with van der Waals surface area (Å²) in [6.07, 6.45) is 1.11. The molecule has 1 fully saturated rings. The Kier molecular flexibility index (Phi) is 35.6. The average molecular weight is 1380 g/mol. The lowest BCUT2D eigenvalue weighted by atomic mass is 9.91. The van der Waals surface area contributed by atoms with Crippen molar-refractivity contribution < 1.29 is 81.6 Å². The van der Waals surface area contributed by atoms with Crippen molar-refractivity contribution >= 4 is 76.9 Å². The smallest absolute Gasteiger partial charge is 0.320 e. The minimum Gasteiger partial charge on any atom is -0.468 e. The van der Waals surface area contributed by atoms with E-state index in [-0.39, 0.29) is 56.3 Å². The van der Waals surface area contributed by atoms with Gasteiger partial charge in [-0.15, -0.1) is 0 Å². The Morgan fingerprint density at radius 3 is 1.32 bits per heavy atom. The van der Waals surface area contributed by atoms with Crippen molar-refractivity contribution in [2.75, 3.05) is 70.7 Å². The summed E-state index contributed by atoms with van der Waals surface area (Å²) in [7, 11) is 12.7. The third kappa shape index (κ3) is 24.0. The van der Waals surface area contributed by atoms with Crippen LogP contribution in [0, 0.1) is 41.4 Å². The molecule has 0 aliphatic carbocycles. The van der Waals surface area contributed by atoms with E-state index in [1.807, 2.05) is 41.5 Å². The Hall–Kier alpha value is -7.23. The van der Waals surface area contributed by atoms with Crippen LogP contribution in [0.25, 0.3) is 0 Å². The van der Waals surface area contributed by atoms with Crippen molar-refractivity contribution in [3.63, 3.8) is 0 Å². The predicted octanol–water partition coefficient (Wildman–Crippen LogP) is 2.76. The number of ether oxygens (including phenoxy) is 3. The summed E-state index contributed by atoms with van der Waals surface area (Å²) < 4.78 is 15.7. The maximum absolute atomic E-state index is 15.6. The number of aliphatic hydroxyl groups is 1. The van der Waals surface area contributed by atoms with E-state index in [0.717, 1.165) is 33.8 Å². The van der Waals surface area contributed by atoms with Crippen molar-refractivity contribution in [1.82, 2.24) is 55.6 Å². The van der Waals surface area contributed by atoms with E-state index >= 15 is 33.6 Å². The first kappa shape index (κ1) is 87.8. The molecule has 0 radical (unpaired) electrons. The third-order valence-electron chi connectivity index (χ3n) is 18.4. The summed E-state index contributed by atoms with van der Waals surface area (Å²) in [5.74, 6) is -15.8. The van der Waals surface area contributed by atoms with Crippen LogP contribution in [0.4, 0.5) is 0 Å². The van der Waals surface area contributed by atoms with Crippen LogP contribution in [0.3, 0.4) is 0 Å². The number of aliphatic hydroxyl groups excluding tert-OH is 1. The Morgan fingerprint density at radius 2 is 0.887 bits per heavy atom. The number of rotatable bonds is 20. The van der Waals surface area contributed by atoms with E-state index in [1.165, 1.54) is 91.9 Å². The maximum Gasteiger partial charge on any atom is 0.320 e. The number of amides is 11. The summed E-state index contributed by atoms with van der Waals surface area (Å²) in [5, 5.41) is 23.2. The highest BCUT2D eigenvalue weighted by molar-refractivity contribution is 6.01. The molecule has 97 heavy (non-hydrogen) atoms. The first-order chi connectivity index (χ1) is 44.8. The molecule has 0 aromatic heterocycles. The zero-order valence-corrected chi connectivity index (χ0v) is 63.2. The molecule has 11 amide bonds. The number of esters is 2. The number of nitrogens with one attached hydrogen (secondary N) is 4. The van der Waals surface area contributed by atoms with Crippen LogP contribution in [0.5, 0.6) is 0 Å². The molecule has 28 nitrogen and oxygen atoms in total. The number of likely N-dealkylation sites (N-methyl/N-ethyl adjacent to an activating group) is 7. The van der Waals surface area contributed by atoms with Crippen LogP contribution in [0.1, 0.15) is 163 Å². The minimum absolute atomic E-state index is 0.0722. The third-order valence-corrected chi connectivity index (χ3v) is 18.4. The van der Waals surface area contributed by atoms with Crippen molar-refractivity contribution in [1.29, 1.82) is 0 Å². The molecule has 1 aliphatic heterocycles. The summed E-state index contributed by atoms with van der Waals surface area (Å²) in [4.78, 5) is 200. The van der Waals surface area contributed by atoms with Crippen molar-refractivity contribution in [3.8, 4) is 0 Å². The highest BCUT2D eigenvalue weighted by Crippen LogP contribution is 2.28. The Morgan fingerprint density at radius 1 is 0.485 bits per heavy atom. The molecule has 0 bridgehead atoms. The lowest BCUT2D eigenvalue weighted by Gasteiger charge is -2.42. The molecule has 1 aliphatic rings. The number of methoxy groups -OCH3 is 3. The van der Waals surface area contributed by atoms with Crippen LogP contribution >= 0.6 is 0 Å². The number of carbonyl (C=O) groups excluding carboxylic acids is 13. The van der Waals surface area contributed by atoms with Crippen LogP contribution in [-0.2, 0) is 76.5 Å². The zero-order chi connectivity index (χ0) is 75.3. The van der Waals surface area contributed by atoms with E-state index in [2.05, 4.69) is 21.3 Å². The van der Waals surface area contributed by atoms with E-state index in [4.69, 9.17) is 14.2 Å². The Labute approximate surface area is 577 Å². The van der Waals surface area contributed by atoms with Crippen LogP contribution < -0.4 is 21.3 Å². The molecule has 5 N–H and O–H groups in total. The largest absolute Gasteiger partial charge is 0.468 e. The molecule has 1 heterocycles. The Bertz CT molecular complexity index is 2740. The molecule has 13 atom stereocenters. The standard InChI is InChI=1S/C69H121N11O17/c1-28-30-31-42(13)55(81)54-59(85)72-46(29-2)61(87)76(20)50(35-45(67(93)95-25)68(94)96-26)63(89)78(22)51(36-69(16,17)97-27)58(84)73-52(40(9)10)65(91)74(18)47(32-37(3)4)57(83)70-43(14)56(82)71-44(15)60(86)75(19)48(33-38(5)6)62(88)77(21)49(34-39(7)8)64(90)79(23)53(41(11)12)66(92)80(54)24/h28,30,37-55,81H,29,31-36H2,1-27H3,(H,70,83)(H,71,82)(H,72,85)(H,73,84)/t42-,43+,44-,46+,47+,48+,49+,50?,51+,52+,53+,54+,55-/m1/s1. The van der Waals surface area contributed by atoms with E-state index < -0.39 is 185 Å². The molecule has 0 aromatic carbocycles. The van der Waals surface area contributed by atoms with Gasteiger partial charge in [-0.25, -0.2) is 0 Å². The summed E-state index contributed by atoms with van der Waals surface area (Å²) >= 11 is 0. The topological polar surface area (TPSA) is 341 Å². The molecule has 1 unspecified atom stereocenters. The molecule has 554 valence electrons. The van der Waals surface area contributed by atoms with Gasteiger partial charge >= 0.3 is 11.9 Å². The molecule has 0 saturated carbocycles. The number of hydrogen-bond donors (Lipinski definition) is 5. The van der Waals surface area contributed by atoms with E-state index in [0.29, 0.717) is 0 Å². The van der Waals surface area contributed by atoms with Crippen molar-refractivity contribution in [2.24, 2.45) is 41.4 Å². The lowest BCUT2D eigenvalue weighted by Crippen LogP contribution is -2.64. The minimum atomic E-state index is -1.85. The van der Waals surface area contributed by atoms with Gasteiger partial charge in [0.2, 0.25) is 65.0 Å². The van der Waals surface area contributed by atoms with E-state index in [1.54, 1.807) is 67.5 Å². The summed E-state index contributed by atoms with van der Waals surface area (Å²) in [5.41, 5.74) is -1.19. The van der Waals surface area contributed by atoms with Crippen molar-refractivity contribution in [2.45, 2.75) is 241 Å².